The highest BCUT2D eigenvalue weighted by molar-refractivity contribution is 7.09. The Bertz CT molecular complexity index is 953. The average Bonchev–Trinajstić information content (AvgIpc) is 2.74. The van der Waals surface area contributed by atoms with Crippen molar-refractivity contribution in [3.8, 4) is 5.75 Å². The van der Waals surface area contributed by atoms with Gasteiger partial charge >= 0.3 is 12.4 Å². The fourth-order valence-electron chi connectivity index (χ4n) is 3.28. The molecule has 4 nitrogen and oxygen atoms in total. The quantitative estimate of drug-likeness (QED) is 0.250. The van der Waals surface area contributed by atoms with Crippen molar-refractivity contribution in [3.05, 3.63) is 64.5 Å². The maximum atomic E-state index is 13.6. The van der Waals surface area contributed by atoms with Crippen LogP contribution in [0.5, 0.6) is 5.75 Å². The number of benzene rings is 2. The second kappa shape index (κ2) is 11.7. The van der Waals surface area contributed by atoms with E-state index in [2.05, 4.69) is 0 Å². The molecule has 34 heavy (non-hydrogen) atoms. The van der Waals surface area contributed by atoms with Crippen LogP contribution in [0.1, 0.15) is 35.1 Å². The SMILES string of the molecule is NC(CO)(CCc1ccc(OCCCc2ccc(C(F)(F)F)c(F)c2)c(C(F)(F)F)c1)CO[PH3+]. The Balaban J connectivity index is 2.02. The topological polar surface area (TPSA) is 64.7 Å². The van der Waals surface area contributed by atoms with Gasteiger partial charge in [-0.3, -0.25) is 0 Å². The van der Waals surface area contributed by atoms with Gasteiger partial charge in [-0.1, -0.05) is 12.1 Å². The predicted molar refractivity (Wildman–Crippen MR) is 116 cm³/mol. The number of rotatable bonds is 11. The first-order valence-corrected chi connectivity index (χ1v) is 10.8. The van der Waals surface area contributed by atoms with Crippen molar-refractivity contribution in [1.29, 1.82) is 0 Å². The van der Waals surface area contributed by atoms with Crippen LogP contribution in [0.2, 0.25) is 0 Å². The van der Waals surface area contributed by atoms with Crippen LogP contribution >= 0.6 is 9.47 Å². The van der Waals surface area contributed by atoms with Crippen LogP contribution in [-0.2, 0) is 29.7 Å². The third-order valence-electron chi connectivity index (χ3n) is 5.17. The van der Waals surface area contributed by atoms with E-state index in [1.54, 1.807) is 0 Å². The number of hydrogen-bond acceptors (Lipinski definition) is 4. The minimum absolute atomic E-state index is 0.0537. The summed E-state index contributed by atoms with van der Waals surface area (Å²) in [5.74, 6) is -1.80. The van der Waals surface area contributed by atoms with Crippen LogP contribution in [-0.4, -0.2) is 30.5 Å². The summed E-state index contributed by atoms with van der Waals surface area (Å²) in [6.45, 7) is -0.490. The van der Waals surface area contributed by atoms with Gasteiger partial charge in [0.25, 0.3) is 0 Å². The molecule has 0 bridgehead atoms. The Morgan fingerprint density at radius 3 is 2.06 bits per heavy atom. The number of alkyl halides is 6. The monoisotopic (exact) mass is 516 g/mol. The molecule has 0 aromatic heterocycles. The number of aryl methyl sites for hydroxylation is 2. The normalized spacial score (nSPS) is 14.3. The first kappa shape index (κ1) is 28.3. The zero-order valence-corrected chi connectivity index (χ0v) is 19.5. The minimum Gasteiger partial charge on any atom is -0.493 e. The van der Waals surface area contributed by atoms with E-state index in [0.29, 0.717) is 11.6 Å². The largest absolute Gasteiger partial charge is 0.493 e. The third-order valence-corrected chi connectivity index (χ3v) is 5.38. The van der Waals surface area contributed by atoms with Gasteiger partial charge in [0.05, 0.1) is 29.9 Å². The van der Waals surface area contributed by atoms with Crippen molar-refractivity contribution in [2.75, 3.05) is 19.8 Å². The van der Waals surface area contributed by atoms with Gasteiger partial charge in [0, 0.05) is 0 Å². The van der Waals surface area contributed by atoms with Gasteiger partial charge in [-0.2, -0.15) is 26.3 Å². The molecule has 3 N–H and O–H groups in total. The molecule has 0 heterocycles. The van der Waals surface area contributed by atoms with E-state index in [-0.39, 0.29) is 51.1 Å². The van der Waals surface area contributed by atoms with E-state index in [0.717, 1.165) is 18.2 Å². The molecule has 0 aliphatic heterocycles. The molecule has 0 saturated carbocycles. The minimum atomic E-state index is -4.81. The molecule has 2 rings (SSSR count). The summed E-state index contributed by atoms with van der Waals surface area (Å²) in [6.07, 6.45) is -8.84. The van der Waals surface area contributed by atoms with E-state index in [9.17, 15) is 35.8 Å². The summed E-state index contributed by atoms with van der Waals surface area (Å²) in [5, 5.41) is 9.42. The number of aliphatic hydroxyl groups is 1. The zero-order valence-electron chi connectivity index (χ0n) is 18.1. The fraction of sp³-hybridized carbons (Fsp3) is 0.455. The first-order chi connectivity index (χ1) is 15.8. The van der Waals surface area contributed by atoms with Gasteiger partial charge in [0.1, 0.15) is 27.6 Å². The molecule has 2 aromatic carbocycles. The van der Waals surface area contributed by atoms with E-state index in [1.807, 2.05) is 0 Å². The zero-order chi connectivity index (χ0) is 25.6. The molecule has 2 atom stereocenters. The van der Waals surface area contributed by atoms with E-state index in [4.69, 9.17) is 15.0 Å². The highest BCUT2D eigenvalue weighted by Crippen LogP contribution is 2.37. The van der Waals surface area contributed by atoms with Crippen molar-refractivity contribution in [2.45, 2.75) is 43.6 Å². The van der Waals surface area contributed by atoms with Crippen LogP contribution in [0.4, 0.5) is 30.7 Å². The van der Waals surface area contributed by atoms with Crippen molar-refractivity contribution in [1.82, 2.24) is 0 Å². The van der Waals surface area contributed by atoms with Crippen LogP contribution < -0.4 is 10.5 Å². The maximum Gasteiger partial charge on any atom is 0.419 e. The predicted octanol–water partition coefficient (Wildman–Crippen LogP) is 5.04. The Morgan fingerprint density at radius 2 is 1.50 bits per heavy atom. The van der Waals surface area contributed by atoms with Crippen molar-refractivity contribution in [3.63, 3.8) is 0 Å². The Morgan fingerprint density at radius 1 is 0.882 bits per heavy atom. The highest BCUT2D eigenvalue weighted by Gasteiger charge is 2.35. The fourth-order valence-corrected chi connectivity index (χ4v) is 3.68. The van der Waals surface area contributed by atoms with Gasteiger partial charge in [-0.05, 0) is 61.1 Å². The Labute approximate surface area is 194 Å². The Kier molecular flexibility index (Phi) is 9.71. The molecular weight excluding hydrogens is 490 g/mol. The number of nitrogens with two attached hydrogens (primary N) is 1. The van der Waals surface area contributed by atoms with Crippen LogP contribution in [0.3, 0.4) is 0 Å². The summed E-state index contributed by atoms with van der Waals surface area (Å²) in [5.41, 5.74) is 3.16. The first-order valence-electron chi connectivity index (χ1n) is 10.2. The number of hydrogen-bond donors (Lipinski definition) is 2. The average molecular weight is 516 g/mol. The Hall–Kier alpha value is -1.94. The second-order valence-electron chi connectivity index (χ2n) is 7.96. The van der Waals surface area contributed by atoms with Crippen molar-refractivity contribution < 1.29 is 45.1 Å². The summed E-state index contributed by atoms with van der Waals surface area (Å²) < 4.78 is 102. The van der Waals surface area contributed by atoms with Gasteiger partial charge in [0.15, 0.2) is 0 Å². The lowest BCUT2D eigenvalue weighted by Gasteiger charge is -2.25. The van der Waals surface area contributed by atoms with Gasteiger partial charge in [-0.15, -0.1) is 0 Å². The summed E-state index contributed by atoms with van der Waals surface area (Å²) in [6, 6.07) is 6.11. The summed E-state index contributed by atoms with van der Waals surface area (Å²) in [4.78, 5) is 0. The molecule has 0 spiro atoms. The third kappa shape index (κ3) is 8.08. The lowest BCUT2D eigenvalue weighted by atomic mass is 9.93. The molecule has 0 amide bonds. The molecule has 0 aliphatic carbocycles. The number of halogens is 7. The molecule has 12 heteroatoms. The van der Waals surface area contributed by atoms with E-state index >= 15 is 0 Å². The van der Waals surface area contributed by atoms with Crippen molar-refractivity contribution in [2.24, 2.45) is 5.73 Å². The van der Waals surface area contributed by atoms with Crippen LogP contribution in [0.25, 0.3) is 0 Å². The summed E-state index contributed by atoms with van der Waals surface area (Å²) in [7, 11) is 1.20. The van der Waals surface area contributed by atoms with Gasteiger partial charge in [0.2, 0.25) is 0 Å². The molecule has 0 saturated heterocycles. The van der Waals surface area contributed by atoms with Gasteiger partial charge < -0.3 is 15.6 Å². The lowest BCUT2D eigenvalue weighted by Crippen LogP contribution is -2.47. The highest BCUT2D eigenvalue weighted by atomic mass is 31.0. The van der Waals surface area contributed by atoms with Gasteiger partial charge in [-0.25, -0.2) is 8.91 Å². The molecule has 2 unspecified atom stereocenters. The van der Waals surface area contributed by atoms with Crippen LogP contribution in [0.15, 0.2) is 36.4 Å². The molecular formula is C22H26F7NO3P+. The molecule has 0 fully saturated rings. The standard InChI is InChI=1S/C22H26F7NO3P/c23-18-11-14(3-5-16(18)21(24,25)26)2-1-9-32-19-6-4-15(10-17(19)22(27,28)29)7-8-20(30,12-31)13-33-34/h3-6,10-11,31H,1-2,7-9,12-13,30H2,34H3/q+1. The molecule has 0 aliphatic rings. The van der Waals surface area contributed by atoms with Crippen LogP contribution in [0, 0.1) is 5.82 Å². The van der Waals surface area contributed by atoms with Crippen molar-refractivity contribution >= 4 is 9.47 Å². The van der Waals surface area contributed by atoms with E-state index in [1.165, 1.54) is 21.6 Å². The lowest BCUT2D eigenvalue weighted by molar-refractivity contribution is -0.140. The smallest absolute Gasteiger partial charge is 0.419 e. The molecule has 2 aromatic rings. The molecule has 190 valence electrons. The molecule has 0 radical (unpaired) electrons. The number of ether oxygens (including phenoxy) is 1. The number of aliphatic hydroxyl groups excluding tert-OH is 1. The second-order valence-corrected chi connectivity index (χ2v) is 8.37. The van der Waals surface area contributed by atoms with E-state index < -0.39 is 40.6 Å². The summed E-state index contributed by atoms with van der Waals surface area (Å²) >= 11 is 0. The maximum absolute atomic E-state index is 13.6.